The van der Waals surface area contributed by atoms with E-state index in [0.29, 0.717) is 0 Å². The van der Waals surface area contributed by atoms with Gasteiger partial charge in [-0.25, -0.2) is 0 Å². The second kappa shape index (κ2) is 3.93. The van der Waals surface area contributed by atoms with E-state index in [4.69, 9.17) is 9.47 Å². The molecule has 0 atom stereocenters. The Bertz CT molecular complexity index is 312. The molecule has 14 heavy (non-hydrogen) atoms. The first kappa shape index (κ1) is 10.6. The molecule has 0 bridgehead atoms. The first-order valence-corrected chi connectivity index (χ1v) is 6.16. The standard InChI is InChI=1S/C10H13BrO2S/c1-10(2)5-12-9(13-6-10)7-3-4-8(11)14-7/h3-4,9H,5-6H2,1-2H3. The van der Waals surface area contributed by atoms with Crippen LogP contribution in [0.4, 0.5) is 0 Å². The van der Waals surface area contributed by atoms with Crippen LogP contribution in [0.2, 0.25) is 0 Å². The molecule has 2 rings (SSSR count). The second-order valence-electron chi connectivity index (χ2n) is 4.26. The fourth-order valence-electron chi connectivity index (χ4n) is 1.31. The van der Waals surface area contributed by atoms with Crippen LogP contribution < -0.4 is 0 Å². The smallest absolute Gasteiger partial charge is 0.193 e. The Morgan fingerprint density at radius 2 is 2.00 bits per heavy atom. The van der Waals surface area contributed by atoms with Crippen molar-refractivity contribution in [1.82, 2.24) is 0 Å². The quantitative estimate of drug-likeness (QED) is 0.781. The minimum Gasteiger partial charge on any atom is -0.347 e. The summed E-state index contributed by atoms with van der Waals surface area (Å²) in [5.74, 6) is 0. The second-order valence-corrected chi connectivity index (χ2v) is 6.75. The van der Waals surface area contributed by atoms with Crippen LogP contribution in [0.1, 0.15) is 25.0 Å². The number of hydrogen-bond acceptors (Lipinski definition) is 3. The molecule has 0 amide bonds. The third kappa shape index (κ3) is 2.37. The van der Waals surface area contributed by atoms with Crippen molar-refractivity contribution in [2.45, 2.75) is 20.1 Å². The summed E-state index contributed by atoms with van der Waals surface area (Å²) in [7, 11) is 0. The monoisotopic (exact) mass is 276 g/mol. The van der Waals surface area contributed by atoms with Gasteiger partial charge in [0.05, 0.1) is 21.9 Å². The summed E-state index contributed by atoms with van der Waals surface area (Å²) >= 11 is 5.09. The normalized spacial score (nSPS) is 22.5. The molecule has 1 aliphatic rings. The van der Waals surface area contributed by atoms with Gasteiger partial charge in [0.1, 0.15) is 0 Å². The van der Waals surface area contributed by atoms with Gasteiger partial charge >= 0.3 is 0 Å². The largest absolute Gasteiger partial charge is 0.347 e. The lowest BCUT2D eigenvalue weighted by Gasteiger charge is -2.34. The summed E-state index contributed by atoms with van der Waals surface area (Å²) < 4.78 is 12.4. The van der Waals surface area contributed by atoms with Crippen LogP contribution in [0.5, 0.6) is 0 Å². The van der Waals surface area contributed by atoms with E-state index in [1.165, 1.54) is 0 Å². The highest BCUT2D eigenvalue weighted by molar-refractivity contribution is 9.11. The SMILES string of the molecule is CC1(C)COC(c2ccc(Br)s2)OC1. The van der Waals surface area contributed by atoms with Crippen molar-refractivity contribution in [2.75, 3.05) is 13.2 Å². The van der Waals surface area contributed by atoms with Gasteiger partial charge in [0, 0.05) is 5.41 Å². The molecule has 0 spiro atoms. The molecule has 1 saturated heterocycles. The first-order valence-electron chi connectivity index (χ1n) is 4.55. The zero-order chi connectivity index (χ0) is 10.2. The fourth-order valence-corrected chi connectivity index (χ4v) is 2.73. The Morgan fingerprint density at radius 1 is 1.36 bits per heavy atom. The molecule has 0 aliphatic carbocycles. The summed E-state index contributed by atoms with van der Waals surface area (Å²) in [5.41, 5.74) is 0.144. The van der Waals surface area contributed by atoms with Gasteiger partial charge in [0.15, 0.2) is 6.29 Å². The van der Waals surface area contributed by atoms with Crippen LogP contribution in [-0.4, -0.2) is 13.2 Å². The van der Waals surface area contributed by atoms with Crippen LogP contribution in [0.3, 0.4) is 0 Å². The Morgan fingerprint density at radius 3 is 2.50 bits per heavy atom. The Labute approximate surface area is 96.4 Å². The number of hydrogen-bond donors (Lipinski definition) is 0. The highest BCUT2D eigenvalue weighted by atomic mass is 79.9. The van der Waals surface area contributed by atoms with Crippen molar-refractivity contribution >= 4 is 27.3 Å². The third-order valence-corrected chi connectivity index (χ3v) is 3.72. The van der Waals surface area contributed by atoms with E-state index in [-0.39, 0.29) is 11.7 Å². The number of rotatable bonds is 1. The maximum absolute atomic E-state index is 5.66. The van der Waals surface area contributed by atoms with E-state index in [1.807, 2.05) is 12.1 Å². The van der Waals surface area contributed by atoms with Crippen LogP contribution >= 0.6 is 27.3 Å². The van der Waals surface area contributed by atoms with Crippen molar-refractivity contribution in [3.63, 3.8) is 0 Å². The molecular weight excluding hydrogens is 264 g/mol. The maximum Gasteiger partial charge on any atom is 0.193 e. The minimum atomic E-state index is -0.167. The predicted molar refractivity (Wildman–Crippen MR) is 60.4 cm³/mol. The van der Waals surface area contributed by atoms with E-state index >= 15 is 0 Å². The van der Waals surface area contributed by atoms with Crippen molar-refractivity contribution in [1.29, 1.82) is 0 Å². The lowest BCUT2D eigenvalue weighted by atomic mass is 9.96. The zero-order valence-corrected chi connectivity index (χ0v) is 10.7. The van der Waals surface area contributed by atoms with E-state index in [9.17, 15) is 0 Å². The molecule has 0 aromatic carbocycles. The molecule has 0 N–H and O–H groups in total. The van der Waals surface area contributed by atoms with Gasteiger partial charge in [-0.05, 0) is 28.1 Å². The van der Waals surface area contributed by atoms with Gasteiger partial charge < -0.3 is 9.47 Å². The predicted octanol–water partition coefficient (Wildman–Crippen LogP) is 3.58. The highest BCUT2D eigenvalue weighted by Crippen LogP contribution is 2.35. The molecule has 0 saturated carbocycles. The molecule has 1 aromatic rings. The van der Waals surface area contributed by atoms with Crippen LogP contribution in [0, 0.1) is 5.41 Å². The summed E-state index contributed by atoms with van der Waals surface area (Å²) in [6, 6.07) is 4.06. The summed E-state index contributed by atoms with van der Waals surface area (Å²) in [4.78, 5) is 1.13. The van der Waals surface area contributed by atoms with Crippen LogP contribution in [-0.2, 0) is 9.47 Å². The molecule has 1 aromatic heterocycles. The lowest BCUT2D eigenvalue weighted by Crippen LogP contribution is -2.33. The van der Waals surface area contributed by atoms with E-state index in [1.54, 1.807) is 11.3 Å². The summed E-state index contributed by atoms with van der Waals surface area (Å²) in [6.45, 7) is 5.81. The number of halogens is 1. The first-order chi connectivity index (χ1) is 6.57. The molecule has 2 nitrogen and oxygen atoms in total. The van der Waals surface area contributed by atoms with Crippen molar-refractivity contribution in [3.05, 3.63) is 20.8 Å². The van der Waals surface area contributed by atoms with Gasteiger partial charge in [-0.2, -0.15) is 0 Å². The molecule has 4 heteroatoms. The average molecular weight is 277 g/mol. The summed E-state index contributed by atoms with van der Waals surface area (Å²) in [6.07, 6.45) is -0.167. The molecule has 78 valence electrons. The van der Waals surface area contributed by atoms with Gasteiger partial charge in [-0.15, -0.1) is 11.3 Å². The minimum absolute atomic E-state index is 0.144. The van der Waals surface area contributed by atoms with Crippen molar-refractivity contribution in [2.24, 2.45) is 5.41 Å². The number of ether oxygens (including phenoxy) is 2. The van der Waals surface area contributed by atoms with Gasteiger partial charge in [0.25, 0.3) is 0 Å². The molecule has 2 heterocycles. The van der Waals surface area contributed by atoms with E-state index in [0.717, 1.165) is 21.9 Å². The van der Waals surface area contributed by atoms with Crippen LogP contribution in [0.15, 0.2) is 15.9 Å². The third-order valence-electron chi connectivity index (χ3n) is 2.08. The Balaban J connectivity index is 2.02. The topological polar surface area (TPSA) is 18.5 Å². The zero-order valence-electron chi connectivity index (χ0n) is 8.25. The summed E-state index contributed by atoms with van der Waals surface area (Å²) in [5, 5.41) is 0. The Hall–Kier alpha value is 0.1000. The lowest BCUT2D eigenvalue weighted by molar-refractivity contribution is -0.224. The number of thiophene rings is 1. The highest BCUT2D eigenvalue weighted by Gasteiger charge is 2.29. The van der Waals surface area contributed by atoms with E-state index in [2.05, 4.69) is 29.8 Å². The van der Waals surface area contributed by atoms with E-state index < -0.39 is 0 Å². The molecular formula is C10H13BrO2S. The van der Waals surface area contributed by atoms with Gasteiger partial charge in [-0.3, -0.25) is 0 Å². The molecule has 0 radical (unpaired) electrons. The van der Waals surface area contributed by atoms with Crippen molar-refractivity contribution in [3.8, 4) is 0 Å². The van der Waals surface area contributed by atoms with Crippen LogP contribution in [0.25, 0.3) is 0 Å². The van der Waals surface area contributed by atoms with Gasteiger partial charge in [0.2, 0.25) is 0 Å². The van der Waals surface area contributed by atoms with Crippen molar-refractivity contribution < 1.29 is 9.47 Å². The Kier molecular flexibility index (Phi) is 2.98. The molecule has 1 fully saturated rings. The molecule has 0 unspecified atom stereocenters. The average Bonchev–Trinajstić information content (AvgIpc) is 2.52. The molecule has 1 aliphatic heterocycles. The van der Waals surface area contributed by atoms with Gasteiger partial charge in [-0.1, -0.05) is 13.8 Å². The maximum atomic E-state index is 5.66. The fraction of sp³-hybridized carbons (Fsp3) is 0.600.